The van der Waals surface area contributed by atoms with E-state index in [9.17, 15) is 4.79 Å². The lowest BCUT2D eigenvalue weighted by atomic mass is 9.45. The van der Waals surface area contributed by atoms with Crippen molar-refractivity contribution in [1.82, 2.24) is 4.98 Å². The molecule has 4 atom stereocenters. The van der Waals surface area contributed by atoms with E-state index < -0.39 is 0 Å². The van der Waals surface area contributed by atoms with Crippen LogP contribution in [0.1, 0.15) is 46.0 Å². The van der Waals surface area contributed by atoms with E-state index in [4.69, 9.17) is 4.74 Å². The zero-order valence-corrected chi connectivity index (χ0v) is 15.1. The number of hydrogen-bond acceptors (Lipinski definition) is 4. The number of pyridine rings is 1. The highest BCUT2D eigenvalue weighted by Crippen LogP contribution is 2.62. The van der Waals surface area contributed by atoms with Crippen molar-refractivity contribution in [2.75, 3.05) is 7.11 Å². The molecule has 1 aromatic heterocycles. The maximum atomic E-state index is 12.1. The molecule has 1 aromatic rings. The van der Waals surface area contributed by atoms with Crippen LogP contribution in [0.25, 0.3) is 0 Å². The summed E-state index contributed by atoms with van der Waals surface area (Å²) >= 11 is 1.54. The molecule has 0 aromatic carbocycles. The molecule has 3 fully saturated rings. The molecule has 0 spiro atoms. The highest BCUT2D eigenvalue weighted by molar-refractivity contribution is 8.00. The summed E-state index contributed by atoms with van der Waals surface area (Å²) in [5, 5.41) is 0.756. The van der Waals surface area contributed by atoms with Gasteiger partial charge in [-0.1, -0.05) is 31.7 Å². The molecule has 4 heteroatoms. The summed E-state index contributed by atoms with van der Waals surface area (Å²) in [6.45, 7) is 4.86. The monoisotopic (exact) mass is 333 g/mol. The summed E-state index contributed by atoms with van der Waals surface area (Å²) in [5.74, 6) is 2.43. The third-order valence-corrected chi connectivity index (χ3v) is 7.36. The number of nitrogens with zero attached hydrogens (tertiary/aromatic N) is 1. The van der Waals surface area contributed by atoms with Crippen molar-refractivity contribution in [2.45, 2.75) is 56.2 Å². The summed E-state index contributed by atoms with van der Waals surface area (Å²) < 4.78 is 5.01. The number of rotatable bonds is 6. The number of hydrogen-bond donors (Lipinski definition) is 0. The quantitative estimate of drug-likeness (QED) is 0.565. The second-order valence-corrected chi connectivity index (χ2v) is 8.80. The van der Waals surface area contributed by atoms with E-state index in [0.29, 0.717) is 5.41 Å². The molecule has 3 aliphatic rings. The number of thioether (sulfide) groups is 1. The van der Waals surface area contributed by atoms with E-state index in [-0.39, 0.29) is 11.2 Å². The molecule has 3 aliphatic carbocycles. The molecule has 4 rings (SSSR count). The first-order chi connectivity index (χ1) is 11.0. The molecular formula is C19H27NO2S. The summed E-state index contributed by atoms with van der Waals surface area (Å²) in [6.07, 6.45) is 7.88. The number of esters is 1. The number of fused-ring (bicyclic) bond motifs is 2. The molecule has 126 valence electrons. The Bertz CT molecular complexity index is 544. The van der Waals surface area contributed by atoms with Crippen LogP contribution in [-0.2, 0) is 9.53 Å². The molecule has 2 bridgehead atoms. The first kappa shape index (κ1) is 16.8. The Morgan fingerprint density at radius 2 is 2.26 bits per heavy atom. The lowest BCUT2D eigenvalue weighted by Gasteiger charge is -2.60. The predicted octanol–water partition coefficient (Wildman–Crippen LogP) is 4.57. The summed E-state index contributed by atoms with van der Waals surface area (Å²) in [4.78, 5) is 16.5. The van der Waals surface area contributed by atoms with Crippen LogP contribution in [0.2, 0.25) is 0 Å². The number of ether oxygens (including phenoxy) is 1. The molecular weight excluding hydrogens is 306 g/mol. The maximum Gasteiger partial charge on any atom is 0.319 e. The van der Waals surface area contributed by atoms with E-state index in [0.717, 1.165) is 35.6 Å². The van der Waals surface area contributed by atoms with Gasteiger partial charge in [0, 0.05) is 6.20 Å². The van der Waals surface area contributed by atoms with Crippen LogP contribution in [0.5, 0.6) is 0 Å². The Hall–Kier alpha value is -1.03. The van der Waals surface area contributed by atoms with Crippen molar-refractivity contribution in [2.24, 2.45) is 23.2 Å². The Morgan fingerprint density at radius 3 is 2.87 bits per heavy atom. The van der Waals surface area contributed by atoms with Crippen LogP contribution in [0.4, 0.5) is 0 Å². The molecule has 0 amide bonds. The average Bonchev–Trinajstić information content (AvgIpc) is 2.58. The number of carbonyl (C=O) groups excluding carboxylic acids is 1. The third kappa shape index (κ3) is 3.42. The first-order valence-electron chi connectivity index (χ1n) is 8.68. The Labute approximate surface area is 143 Å². The summed E-state index contributed by atoms with van der Waals surface area (Å²) in [6, 6.07) is 5.82. The fourth-order valence-electron chi connectivity index (χ4n) is 4.59. The van der Waals surface area contributed by atoms with E-state index in [1.165, 1.54) is 38.1 Å². The van der Waals surface area contributed by atoms with E-state index in [1.807, 2.05) is 18.2 Å². The van der Waals surface area contributed by atoms with Crippen molar-refractivity contribution >= 4 is 17.7 Å². The lowest BCUT2D eigenvalue weighted by Crippen LogP contribution is -2.52. The van der Waals surface area contributed by atoms with Crippen LogP contribution in [-0.4, -0.2) is 23.3 Å². The number of aromatic nitrogens is 1. The van der Waals surface area contributed by atoms with Gasteiger partial charge in [0.15, 0.2) is 0 Å². The largest absolute Gasteiger partial charge is 0.468 e. The smallest absolute Gasteiger partial charge is 0.319 e. The van der Waals surface area contributed by atoms with Crippen molar-refractivity contribution in [3.63, 3.8) is 0 Å². The van der Waals surface area contributed by atoms with Gasteiger partial charge in [0.1, 0.15) is 5.25 Å². The van der Waals surface area contributed by atoms with E-state index in [2.05, 4.69) is 18.8 Å². The van der Waals surface area contributed by atoms with Gasteiger partial charge in [0.25, 0.3) is 0 Å². The van der Waals surface area contributed by atoms with Gasteiger partial charge in [-0.3, -0.25) is 4.79 Å². The second-order valence-electron chi connectivity index (χ2n) is 7.57. The molecule has 0 saturated heterocycles. The zero-order valence-electron chi connectivity index (χ0n) is 14.3. The molecule has 0 N–H and O–H groups in total. The van der Waals surface area contributed by atoms with Gasteiger partial charge in [-0.2, -0.15) is 0 Å². The molecule has 23 heavy (non-hydrogen) atoms. The SMILES string of the molecule is COC(=O)C(CCC1CCC2CC1C2(C)C)Sc1ccccn1. The predicted molar refractivity (Wildman–Crippen MR) is 93.2 cm³/mol. The normalized spacial score (nSPS) is 29.4. The van der Waals surface area contributed by atoms with Gasteiger partial charge >= 0.3 is 5.97 Å². The Balaban J connectivity index is 1.59. The van der Waals surface area contributed by atoms with Crippen molar-refractivity contribution in [3.8, 4) is 0 Å². The third-order valence-electron chi connectivity index (χ3n) is 6.17. The number of carbonyl (C=O) groups is 1. The second kappa shape index (κ2) is 6.84. The van der Waals surface area contributed by atoms with Crippen molar-refractivity contribution in [1.29, 1.82) is 0 Å². The minimum Gasteiger partial charge on any atom is -0.468 e. The lowest BCUT2D eigenvalue weighted by molar-refractivity contribution is -0.140. The van der Waals surface area contributed by atoms with Crippen molar-refractivity contribution in [3.05, 3.63) is 24.4 Å². The standard InChI is InChI=1S/C19H27NO2S/c1-19(2)14-9-7-13(15(19)12-14)8-10-16(18(21)22-3)23-17-6-4-5-11-20-17/h4-6,11,13-16H,7-10,12H2,1-3H3. The highest BCUT2D eigenvalue weighted by Gasteiger charge is 2.53. The molecule has 3 nitrogen and oxygen atoms in total. The van der Waals surface area contributed by atoms with Gasteiger partial charge in [-0.15, -0.1) is 0 Å². The van der Waals surface area contributed by atoms with Crippen LogP contribution >= 0.6 is 11.8 Å². The van der Waals surface area contributed by atoms with Gasteiger partial charge < -0.3 is 4.74 Å². The first-order valence-corrected chi connectivity index (χ1v) is 9.56. The number of methoxy groups -OCH3 is 1. The zero-order chi connectivity index (χ0) is 16.4. The van der Waals surface area contributed by atoms with E-state index in [1.54, 1.807) is 6.20 Å². The fraction of sp³-hybridized carbons (Fsp3) is 0.684. The summed E-state index contributed by atoms with van der Waals surface area (Å²) in [5.41, 5.74) is 0.512. The molecule has 0 radical (unpaired) electrons. The molecule has 3 saturated carbocycles. The van der Waals surface area contributed by atoms with E-state index >= 15 is 0 Å². The minimum atomic E-state index is -0.143. The van der Waals surface area contributed by atoms with Gasteiger partial charge in [0.05, 0.1) is 12.1 Å². The van der Waals surface area contributed by atoms with Gasteiger partial charge in [-0.05, 0) is 67.4 Å². The van der Waals surface area contributed by atoms with Gasteiger partial charge in [0.2, 0.25) is 0 Å². The molecule has 1 heterocycles. The van der Waals surface area contributed by atoms with Crippen LogP contribution in [0, 0.1) is 23.2 Å². The molecule has 4 unspecified atom stereocenters. The summed E-state index contributed by atoms with van der Waals surface area (Å²) in [7, 11) is 1.48. The Morgan fingerprint density at radius 1 is 1.43 bits per heavy atom. The van der Waals surface area contributed by atoms with Crippen LogP contribution < -0.4 is 0 Å². The van der Waals surface area contributed by atoms with Crippen LogP contribution in [0.3, 0.4) is 0 Å². The van der Waals surface area contributed by atoms with Crippen molar-refractivity contribution < 1.29 is 9.53 Å². The minimum absolute atomic E-state index is 0.123. The Kier molecular flexibility index (Phi) is 5.00. The maximum absolute atomic E-state index is 12.1. The topological polar surface area (TPSA) is 39.2 Å². The average molecular weight is 333 g/mol. The fourth-order valence-corrected chi connectivity index (χ4v) is 5.61. The highest BCUT2D eigenvalue weighted by atomic mass is 32.2. The van der Waals surface area contributed by atoms with Gasteiger partial charge in [-0.25, -0.2) is 4.98 Å². The molecule has 0 aliphatic heterocycles. The van der Waals surface area contributed by atoms with Crippen LogP contribution in [0.15, 0.2) is 29.4 Å².